The predicted molar refractivity (Wildman–Crippen MR) is 129 cm³/mol. The van der Waals surface area contributed by atoms with Gasteiger partial charge in [0.2, 0.25) is 0 Å². The highest BCUT2D eigenvalue weighted by Gasteiger charge is 2.35. The molecule has 178 valence electrons. The van der Waals surface area contributed by atoms with Gasteiger partial charge < -0.3 is 14.7 Å². The molecular weight excluding hydrogens is 433 g/mol. The highest BCUT2D eigenvalue weighted by atomic mass is 19.1. The van der Waals surface area contributed by atoms with Gasteiger partial charge in [0, 0.05) is 18.8 Å². The number of aromatic nitrogens is 4. The summed E-state index contributed by atoms with van der Waals surface area (Å²) in [6.45, 7) is 2.74. The number of benzene rings is 1. The van der Waals surface area contributed by atoms with Gasteiger partial charge in [0.05, 0.1) is 30.1 Å². The van der Waals surface area contributed by atoms with Crippen LogP contribution in [0, 0.1) is 5.92 Å². The number of halogens is 1. The molecule has 0 amide bonds. The molecule has 0 radical (unpaired) electrons. The number of fused-ring (bicyclic) bond motifs is 1. The van der Waals surface area contributed by atoms with Gasteiger partial charge in [0.15, 0.2) is 11.6 Å². The first-order valence-electron chi connectivity index (χ1n) is 12.1. The molecule has 0 saturated heterocycles. The van der Waals surface area contributed by atoms with Crippen LogP contribution >= 0.6 is 0 Å². The molecule has 3 aromatic rings. The largest absolute Gasteiger partial charge is 0.507 e. The Balaban J connectivity index is 1.34. The predicted octanol–water partition coefficient (Wildman–Crippen LogP) is 4.98. The molecule has 0 bridgehead atoms. The molecule has 1 aliphatic carbocycles. The Morgan fingerprint density at radius 1 is 1.09 bits per heavy atom. The number of ether oxygens (including phenoxy) is 1. The Morgan fingerprint density at radius 3 is 2.74 bits per heavy atom. The van der Waals surface area contributed by atoms with Gasteiger partial charge in [0.25, 0.3) is 0 Å². The molecule has 1 aliphatic heterocycles. The fraction of sp³-hybridized carbons (Fsp3) is 0.462. The lowest BCUT2D eigenvalue weighted by molar-refractivity contribution is 0.134. The molecule has 0 unspecified atom stereocenters. The van der Waals surface area contributed by atoms with Gasteiger partial charge >= 0.3 is 0 Å². The molecule has 3 heterocycles. The van der Waals surface area contributed by atoms with E-state index in [1.54, 1.807) is 24.5 Å². The van der Waals surface area contributed by atoms with E-state index < -0.39 is 6.17 Å². The van der Waals surface area contributed by atoms with E-state index in [2.05, 4.69) is 20.2 Å². The van der Waals surface area contributed by atoms with Crippen molar-refractivity contribution in [3.8, 4) is 34.0 Å². The zero-order chi connectivity index (χ0) is 23.7. The topological polar surface area (TPSA) is 84.3 Å². The summed E-state index contributed by atoms with van der Waals surface area (Å²) in [5, 5.41) is 19.2. The first kappa shape index (κ1) is 22.5. The van der Waals surface area contributed by atoms with Crippen LogP contribution in [0.4, 0.5) is 10.2 Å². The lowest BCUT2D eigenvalue weighted by Crippen LogP contribution is -2.45. The Labute approximate surface area is 199 Å². The smallest absolute Gasteiger partial charge is 0.185 e. The maximum absolute atomic E-state index is 15.0. The van der Waals surface area contributed by atoms with Crippen molar-refractivity contribution >= 4 is 5.82 Å². The Bertz CT molecular complexity index is 1160. The molecule has 1 N–H and O–H groups in total. The first-order valence-corrected chi connectivity index (χ1v) is 12.1. The molecule has 1 saturated carbocycles. The van der Waals surface area contributed by atoms with Gasteiger partial charge in [0.1, 0.15) is 17.7 Å². The van der Waals surface area contributed by atoms with Crippen molar-refractivity contribution in [3.63, 3.8) is 0 Å². The van der Waals surface area contributed by atoms with Crippen LogP contribution in [0.1, 0.15) is 44.7 Å². The molecule has 3 atom stereocenters. The minimum Gasteiger partial charge on any atom is -0.507 e. The van der Waals surface area contributed by atoms with Crippen molar-refractivity contribution in [3.05, 3.63) is 42.4 Å². The lowest BCUT2D eigenvalue weighted by atomic mass is 9.82. The highest BCUT2D eigenvalue weighted by Crippen LogP contribution is 2.35. The molecule has 5 rings (SSSR count). The van der Waals surface area contributed by atoms with E-state index in [1.165, 1.54) is 0 Å². The number of hydrogen-bond acceptors (Lipinski definition) is 7. The van der Waals surface area contributed by atoms with Gasteiger partial charge in [-0.25, -0.2) is 9.37 Å². The van der Waals surface area contributed by atoms with Crippen LogP contribution in [-0.2, 0) is 6.42 Å². The van der Waals surface area contributed by atoms with Crippen molar-refractivity contribution in [1.82, 2.24) is 20.2 Å². The van der Waals surface area contributed by atoms with Gasteiger partial charge in [-0.15, -0.1) is 10.2 Å². The van der Waals surface area contributed by atoms with Gasteiger partial charge in [-0.1, -0.05) is 25.8 Å². The van der Waals surface area contributed by atoms with Gasteiger partial charge in [-0.3, -0.25) is 4.98 Å². The quantitative estimate of drug-likeness (QED) is 0.571. The number of anilines is 1. The van der Waals surface area contributed by atoms with Crippen LogP contribution in [0.2, 0.25) is 0 Å². The SMILES string of the molecule is CC[C@@H]1CCC[C@H](N(C)c2cnc(-c3ccc(-c4cnc5c(c4)OCCC5)cc3O)nn2)[C@@H]1F. The Morgan fingerprint density at radius 2 is 1.97 bits per heavy atom. The maximum atomic E-state index is 15.0. The van der Waals surface area contributed by atoms with Crippen molar-refractivity contribution in [1.29, 1.82) is 0 Å². The molecule has 8 heteroatoms. The van der Waals surface area contributed by atoms with Crippen LogP contribution < -0.4 is 9.64 Å². The van der Waals surface area contributed by atoms with E-state index in [4.69, 9.17) is 4.74 Å². The second-order valence-electron chi connectivity index (χ2n) is 9.21. The highest BCUT2D eigenvalue weighted by molar-refractivity contribution is 5.73. The van der Waals surface area contributed by atoms with Crippen molar-refractivity contribution in [2.45, 2.75) is 57.7 Å². The van der Waals surface area contributed by atoms with E-state index >= 15 is 0 Å². The Hall–Kier alpha value is -3.29. The normalized spacial score (nSPS) is 22.0. The third kappa shape index (κ3) is 4.29. The number of pyridine rings is 1. The summed E-state index contributed by atoms with van der Waals surface area (Å²) in [5.41, 5.74) is 3.15. The summed E-state index contributed by atoms with van der Waals surface area (Å²) in [5.74, 6) is 1.80. The van der Waals surface area contributed by atoms with E-state index in [0.717, 1.165) is 61.1 Å². The third-order valence-electron chi connectivity index (χ3n) is 7.14. The summed E-state index contributed by atoms with van der Waals surface area (Å²) in [4.78, 5) is 10.8. The van der Waals surface area contributed by atoms with Gasteiger partial charge in [-0.2, -0.15) is 0 Å². The molecule has 7 nitrogen and oxygen atoms in total. The summed E-state index contributed by atoms with van der Waals surface area (Å²) < 4.78 is 20.7. The summed E-state index contributed by atoms with van der Waals surface area (Å²) in [6, 6.07) is 7.08. The van der Waals surface area contributed by atoms with E-state index in [-0.39, 0.29) is 17.7 Å². The number of phenols is 1. The monoisotopic (exact) mass is 463 g/mol. The molecule has 0 spiro atoms. The average Bonchev–Trinajstić information content (AvgIpc) is 2.88. The first-order chi connectivity index (χ1) is 16.5. The molecular formula is C26H30FN5O2. The van der Waals surface area contributed by atoms with Crippen molar-refractivity contribution in [2.75, 3.05) is 18.6 Å². The second kappa shape index (κ2) is 9.52. The molecule has 34 heavy (non-hydrogen) atoms. The second-order valence-corrected chi connectivity index (χ2v) is 9.21. The fourth-order valence-electron chi connectivity index (χ4n) is 5.05. The van der Waals surface area contributed by atoms with Crippen molar-refractivity contribution in [2.24, 2.45) is 5.92 Å². The van der Waals surface area contributed by atoms with Crippen LogP contribution in [0.3, 0.4) is 0 Å². The summed E-state index contributed by atoms with van der Waals surface area (Å²) in [6.07, 6.45) is 8.01. The molecule has 1 aromatic carbocycles. The van der Waals surface area contributed by atoms with Crippen LogP contribution in [0.15, 0.2) is 36.7 Å². The molecule has 2 aliphatic rings. The average molecular weight is 464 g/mol. The number of aryl methyl sites for hydroxylation is 1. The van der Waals surface area contributed by atoms with Crippen LogP contribution in [0.25, 0.3) is 22.5 Å². The summed E-state index contributed by atoms with van der Waals surface area (Å²) in [7, 11) is 1.85. The van der Waals surface area contributed by atoms with Crippen molar-refractivity contribution < 1.29 is 14.2 Å². The number of rotatable bonds is 5. The zero-order valence-corrected chi connectivity index (χ0v) is 19.6. The minimum atomic E-state index is -0.884. The lowest BCUT2D eigenvalue weighted by Gasteiger charge is -2.38. The minimum absolute atomic E-state index is 0.0564. The van der Waals surface area contributed by atoms with E-state index in [0.29, 0.717) is 23.8 Å². The number of nitrogens with zero attached hydrogens (tertiary/aromatic N) is 5. The van der Waals surface area contributed by atoms with E-state index in [9.17, 15) is 9.50 Å². The van der Waals surface area contributed by atoms with Crippen LogP contribution in [0.5, 0.6) is 11.5 Å². The zero-order valence-electron chi connectivity index (χ0n) is 19.6. The van der Waals surface area contributed by atoms with Crippen LogP contribution in [-0.4, -0.2) is 51.1 Å². The van der Waals surface area contributed by atoms with E-state index in [1.807, 2.05) is 31.0 Å². The maximum Gasteiger partial charge on any atom is 0.185 e. The standard InChI is InChI=1S/C26H30FN5O2/c1-3-16-6-4-8-21(25(16)27)32(2)24-15-29-26(31-30-24)19-10-9-17(12-22(19)33)18-13-23-20(28-14-18)7-5-11-34-23/h9-10,12-16,21,25,33H,3-8,11H2,1-2H3/t16-,21+,25-/m1/s1. The third-order valence-corrected chi connectivity index (χ3v) is 7.14. The molecule has 2 aromatic heterocycles. The summed E-state index contributed by atoms with van der Waals surface area (Å²) >= 11 is 0. The number of hydrogen-bond donors (Lipinski definition) is 1. The number of phenolic OH excluding ortho intramolecular Hbond substituents is 1. The molecule has 1 fully saturated rings. The fourth-order valence-corrected chi connectivity index (χ4v) is 5.05. The number of aromatic hydroxyl groups is 1. The number of alkyl halides is 1. The van der Waals surface area contributed by atoms with Gasteiger partial charge in [-0.05, 0) is 55.4 Å². The Kier molecular flexibility index (Phi) is 6.30.